The first-order valence-corrected chi connectivity index (χ1v) is 19.4. The number of aryl methyl sites for hydroxylation is 5. The minimum Gasteiger partial charge on any atom is -0.340 e. The van der Waals surface area contributed by atoms with Gasteiger partial charge in [0.1, 0.15) is 0 Å². The number of benzene rings is 2. The normalized spacial score (nSPS) is 13.8. The van der Waals surface area contributed by atoms with Gasteiger partial charge in [-0.15, -0.1) is 0 Å². The van der Waals surface area contributed by atoms with Gasteiger partial charge < -0.3 is 4.57 Å². The van der Waals surface area contributed by atoms with Gasteiger partial charge >= 0.3 is 0 Å². The average Bonchev–Trinajstić information content (AvgIpc) is 3.39. The predicted molar refractivity (Wildman–Crippen MR) is 200 cm³/mol. The molecule has 1 nitrogen and oxygen atoms in total. The number of aromatic nitrogens is 1. The van der Waals surface area contributed by atoms with Gasteiger partial charge in [0, 0.05) is 17.3 Å². The summed E-state index contributed by atoms with van der Waals surface area (Å²) in [5.74, 6) is 0. The molecule has 0 aliphatic rings. The van der Waals surface area contributed by atoms with E-state index in [4.69, 9.17) is 0 Å². The number of hydrogen-bond acceptors (Lipinski definition) is 0. The SMILES string of the molecule is CCCCCC(C)(CC)c1c(CC)c(CC)c2c(c1CC)c1c(CC)c(CC)c(C(CC)(CC)CCC)c(CC)c1n2CC. The predicted octanol–water partition coefficient (Wildman–Crippen LogP) is 13.3. The second kappa shape index (κ2) is 15.7. The minimum absolute atomic E-state index is 0.221. The highest BCUT2D eigenvalue weighted by Gasteiger charge is 2.37. The zero-order valence-corrected chi connectivity index (χ0v) is 31.8. The molecule has 0 N–H and O–H groups in total. The van der Waals surface area contributed by atoms with Gasteiger partial charge in [-0.3, -0.25) is 0 Å². The third kappa shape index (κ3) is 5.81. The second-order valence-electron chi connectivity index (χ2n) is 14.0. The summed E-state index contributed by atoms with van der Waals surface area (Å²) in [5, 5.41) is 3.28. The molecule has 0 aliphatic carbocycles. The maximum Gasteiger partial charge on any atom is 0.0529 e. The van der Waals surface area contributed by atoms with Crippen LogP contribution in [0.3, 0.4) is 0 Å². The molecule has 1 aromatic heterocycles. The molecular formula is C43H71N. The molecule has 0 radical (unpaired) electrons. The van der Waals surface area contributed by atoms with Crippen molar-refractivity contribution in [3.63, 3.8) is 0 Å². The third-order valence-corrected chi connectivity index (χ3v) is 12.1. The van der Waals surface area contributed by atoms with Crippen molar-refractivity contribution in [2.75, 3.05) is 0 Å². The van der Waals surface area contributed by atoms with Gasteiger partial charge in [-0.05, 0) is 133 Å². The number of unbranched alkanes of at least 4 members (excludes halogenated alkanes) is 2. The van der Waals surface area contributed by atoms with Gasteiger partial charge in [0.2, 0.25) is 0 Å². The molecule has 248 valence electrons. The molecule has 1 heterocycles. The molecule has 0 amide bonds. The Morgan fingerprint density at radius 1 is 0.455 bits per heavy atom. The second-order valence-corrected chi connectivity index (χ2v) is 14.0. The van der Waals surface area contributed by atoms with Crippen molar-refractivity contribution in [1.29, 1.82) is 0 Å². The molecule has 0 aliphatic heterocycles. The van der Waals surface area contributed by atoms with Crippen molar-refractivity contribution >= 4 is 21.8 Å². The summed E-state index contributed by atoms with van der Waals surface area (Å²) in [7, 11) is 0. The molecule has 0 saturated heterocycles. The van der Waals surface area contributed by atoms with E-state index >= 15 is 0 Å². The smallest absolute Gasteiger partial charge is 0.0529 e. The maximum atomic E-state index is 2.83. The molecular weight excluding hydrogens is 530 g/mol. The van der Waals surface area contributed by atoms with E-state index in [-0.39, 0.29) is 10.8 Å². The number of hydrogen-bond donors (Lipinski definition) is 0. The first-order valence-electron chi connectivity index (χ1n) is 19.4. The van der Waals surface area contributed by atoms with Crippen LogP contribution in [0.4, 0.5) is 0 Å². The zero-order chi connectivity index (χ0) is 32.8. The van der Waals surface area contributed by atoms with Crippen molar-refractivity contribution in [1.82, 2.24) is 4.57 Å². The van der Waals surface area contributed by atoms with Crippen molar-refractivity contribution in [3.8, 4) is 0 Å². The topological polar surface area (TPSA) is 4.93 Å². The Bertz CT molecular complexity index is 1390. The minimum atomic E-state index is 0.221. The van der Waals surface area contributed by atoms with Gasteiger partial charge in [-0.25, -0.2) is 0 Å². The van der Waals surface area contributed by atoms with E-state index in [1.54, 1.807) is 66.3 Å². The Morgan fingerprint density at radius 3 is 1.39 bits per heavy atom. The lowest BCUT2D eigenvalue weighted by Crippen LogP contribution is -2.29. The maximum absolute atomic E-state index is 2.83. The Kier molecular flexibility index (Phi) is 13.1. The van der Waals surface area contributed by atoms with Crippen LogP contribution >= 0.6 is 0 Å². The Labute approximate surface area is 274 Å². The number of fused-ring (bicyclic) bond motifs is 3. The summed E-state index contributed by atoms with van der Waals surface area (Å²) >= 11 is 0. The van der Waals surface area contributed by atoms with Crippen molar-refractivity contribution in [2.45, 2.75) is 204 Å². The average molecular weight is 602 g/mol. The van der Waals surface area contributed by atoms with Crippen molar-refractivity contribution < 1.29 is 0 Å². The molecule has 44 heavy (non-hydrogen) atoms. The monoisotopic (exact) mass is 602 g/mol. The van der Waals surface area contributed by atoms with Crippen LogP contribution in [0.2, 0.25) is 0 Å². The van der Waals surface area contributed by atoms with Crippen LogP contribution < -0.4 is 0 Å². The van der Waals surface area contributed by atoms with E-state index in [1.165, 1.54) is 57.8 Å². The van der Waals surface area contributed by atoms with Crippen LogP contribution in [0.25, 0.3) is 21.8 Å². The Hall–Kier alpha value is -1.76. The highest BCUT2D eigenvalue weighted by Crippen LogP contribution is 2.51. The molecule has 0 bridgehead atoms. The number of rotatable bonds is 18. The van der Waals surface area contributed by atoms with Crippen LogP contribution in [-0.4, -0.2) is 4.57 Å². The Morgan fingerprint density at radius 2 is 0.955 bits per heavy atom. The fourth-order valence-electron chi connectivity index (χ4n) is 9.78. The van der Waals surface area contributed by atoms with Crippen LogP contribution in [0.1, 0.15) is 192 Å². The summed E-state index contributed by atoms with van der Waals surface area (Å²) in [4.78, 5) is 0. The van der Waals surface area contributed by atoms with Crippen LogP contribution in [0.5, 0.6) is 0 Å². The fourth-order valence-corrected chi connectivity index (χ4v) is 9.78. The van der Waals surface area contributed by atoms with E-state index < -0.39 is 0 Å². The molecule has 1 unspecified atom stereocenters. The van der Waals surface area contributed by atoms with Gasteiger partial charge in [0.15, 0.2) is 0 Å². The summed E-state index contributed by atoms with van der Waals surface area (Å²) in [6.07, 6.45) is 18.2. The van der Waals surface area contributed by atoms with Crippen molar-refractivity contribution in [3.05, 3.63) is 44.5 Å². The fraction of sp³-hybridized carbons (Fsp3) is 0.721. The lowest BCUT2D eigenvalue weighted by Gasteiger charge is -2.38. The summed E-state index contributed by atoms with van der Waals surface area (Å²) in [6, 6.07) is 0. The molecule has 2 aromatic carbocycles. The first kappa shape index (κ1) is 36.7. The highest BCUT2D eigenvalue weighted by atomic mass is 15.0. The van der Waals surface area contributed by atoms with Gasteiger partial charge in [-0.1, -0.05) is 109 Å². The first-order chi connectivity index (χ1) is 21.2. The quantitative estimate of drug-likeness (QED) is 0.128. The summed E-state index contributed by atoms with van der Waals surface area (Å²) < 4.78 is 2.83. The lowest BCUT2D eigenvalue weighted by atomic mass is 9.66. The lowest BCUT2D eigenvalue weighted by molar-refractivity contribution is 0.356. The highest BCUT2D eigenvalue weighted by molar-refractivity contribution is 6.15. The molecule has 3 rings (SSSR count). The molecule has 0 spiro atoms. The number of nitrogens with zero attached hydrogens (tertiary/aromatic N) is 1. The third-order valence-electron chi connectivity index (χ3n) is 12.1. The van der Waals surface area contributed by atoms with E-state index in [1.807, 2.05) is 0 Å². The summed E-state index contributed by atoms with van der Waals surface area (Å²) in [5.41, 5.74) is 17.2. The summed E-state index contributed by atoms with van der Waals surface area (Å²) in [6.45, 7) is 32.9. The molecule has 1 heteroatoms. The van der Waals surface area contributed by atoms with Gasteiger partial charge in [0.25, 0.3) is 0 Å². The standard InChI is InChI=1S/C43H71N/c1-14-26-27-29-42(13,22-9)38-32(18-5)33(19-6)40-37(34(38)20-7)36-30(16-3)31(17-4)39(43(23-10,24-11)28-15-2)35(21-8)41(36)44(40)25-12/h14-29H2,1-13H3. The van der Waals surface area contributed by atoms with Crippen LogP contribution in [0.15, 0.2) is 0 Å². The molecule has 1 atom stereocenters. The van der Waals surface area contributed by atoms with Gasteiger partial charge in [-0.2, -0.15) is 0 Å². The van der Waals surface area contributed by atoms with E-state index in [2.05, 4.69) is 94.6 Å². The van der Waals surface area contributed by atoms with Crippen LogP contribution in [0, 0.1) is 0 Å². The largest absolute Gasteiger partial charge is 0.340 e. The van der Waals surface area contributed by atoms with Crippen molar-refractivity contribution in [2.24, 2.45) is 0 Å². The molecule has 0 saturated carbocycles. The van der Waals surface area contributed by atoms with E-state index in [9.17, 15) is 0 Å². The molecule has 0 fully saturated rings. The zero-order valence-electron chi connectivity index (χ0n) is 31.8. The van der Waals surface area contributed by atoms with E-state index in [0.29, 0.717) is 0 Å². The van der Waals surface area contributed by atoms with Gasteiger partial charge in [0.05, 0.1) is 11.0 Å². The van der Waals surface area contributed by atoms with Crippen LogP contribution in [-0.2, 0) is 55.9 Å². The van der Waals surface area contributed by atoms with E-state index in [0.717, 1.165) is 45.1 Å². The Balaban J connectivity index is 2.83. The molecule has 3 aromatic rings.